The molecule has 2 rings (SSSR count). The van der Waals surface area contributed by atoms with Gasteiger partial charge in [0.1, 0.15) is 5.75 Å². The molecule has 1 saturated heterocycles. The second-order valence-electron chi connectivity index (χ2n) is 3.91. The first kappa shape index (κ1) is 12.5. The first-order valence-corrected chi connectivity index (χ1v) is 6.79. The number of hydrogen-bond donors (Lipinski definition) is 1. The van der Waals surface area contributed by atoms with E-state index >= 15 is 0 Å². The van der Waals surface area contributed by atoms with Crippen molar-refractivity contribution in [1.82, 2.24) is 0 Å². The van der Waals surface area contributed by atoms with E-state index in [1.165, 1.54) is 0 Å². The summed E-state index contributed by atoms with van der Waals surface area (Å²) in [6.07, 6.45) is 2.13. The predicted octanol–water partition coefficient (Wildman–Crippen LogP) is 3.60. The van der Waals surface area contributed by atoms with Crippen LogP contribution in [0.15, 0.2) is 24.3 Å². The molecule has 1 N–H and O–H groups in total. The molecule has 1 heterocycles. The van der Waals surface area contributed by atoms with Gasteiger partial charge in [0.25, 0.3) is 0 Å². The van der Waals surface area contributed by atoms with Gasteiger partial charge in [-0.05, 0) is 36.5 Å². The molecule has 5 heteroatoms. The Morgan fingerprint density at radius 3 is 2.65 bits per heavy atom. The lowest BCUT2D eigenvalue weighted by molar-refractivity contribution is -0.0493. The summed E-state index contributed by atoms with van der Waals surface area (Å²) < 4.78 is 28.9. The summed E-state index contributed by atoms with van der Waals surface area (Å²) in [7, 11) is 0. The number of halogens is 2. The van der Waals surface area contributed by atoms with Gasteiger partial charge < -0.3 is 10.1 Å². The Balaban J connectivity index is 2.03. The highest BCUT2D eigenvalue weighted by Crippen LogP contribution is 2.28. The highest BCUT2D eigenvalue weighted by atomic mass is 32.2. The molecule has 17 heavy (non-hydrogen) atoms. The van der Waals surface area contributed by atoms with Crippen LogP contribution in [0.2, 0.25) is 0 Å². The molecule has 0 saturated carbocycles. The predicted molar refractivity (Wildman–Crippen MR) is 67.0 cm³/mol. The minimum absolute atomic E-state index is 0.223. The third-order valence-electron chi connectivity index (χ3n) is 2.68. The summed E-state index contributed by atoms with van der Waals surface area (Å²) in [6, 6.07) is 7.21. The van der Waals surface area contributed by atoms with Crippen molar-refractivity contribution in [3.05, 3.63) is 24.3 Å². The van der Waals surface area contributed by atoms with E-state index in [2.05, 4.69) is 10.1 Å². The van der Waals surface area contributed by atoms with Crippen LogP contribution in [0.1, 0.15) is 12.8 Å². The maximum atomic E-state index is 12.2. The van der Waals surface area contributed by atoms with Crippen molar-refractivity contribution in [2.24, 2.45) is 0 Å². The molecule has 0 unspecified atom stereocenters. The van der Waals surface area contributed by atoms with Crippen molar-refractivity contribution in [2.45, 2.75) is 25.5 Å². The van der Waals surface area contributed by atoms with Crippen LogP contribution in [-0.4, -0.2) is 24.2 Å². The molecule has 1 aromatic carbocycles. The zero-order valence-electron chi connectivity index (χ0n) is 9.36. The van der Waals surface area contributed by atoms with Crippen LogP contribution in [-0.2, 0) is 0 Å². The van der Waals surface area contributed by atoms with Crippen LogP contribution in [0.3, 0.4) is 0 Å². The lowest BCUT2D eigenvalue weighted by atomic mass is 10.1. The number of ether oxygens (including phenoxy) is 1. The highest BCUT2D eigenvalue weighted by Gasteiger charge is 2.16. The average molecular weight is 259 g/mol. The number of alkyl halides is 2. The molecule has 0 aromatic heterocycles. The van der Waals surface area contributed by atoms with Gasteiger partial charge in [-0.2, -0.15) is 20.5 Å². The van der Waals surface area contributed by atoms with Crippen LogP contribution in [0.4, 0.5) is 14.5 Å². The molecule has 1 aliphatic heterocycles. The van der Waals surface area contributed by atoms with Gasteiger partial charge in [0, 0.05) is 6.04 Å². The number of benzene rings is 1. The third kappa shape index (κ3) is 3.77. The molecular formula is C12H15F2NOS. The molecule has 0 bridgehead atoms. The lowest BCUT2D eigenvalue weighted by Crippen LogP contribution is -2.24. The van der Waals surface area contributed by atoms with E-state index in [1.807, 2.05) is 17.8 Å². The van der Waals surface area contributed by atoms with Crippen molar-refractivity contribution < 1.29 is 13.5 Å². The van der Waals surface area contributed by atoms with Crippen LogP contribution < -0.4 is 10.1 Å². The van der Waals surface area contributed by atoms with Crippen molar-refractivity contribution >= 4 is 17.4 Å². The molecule has 0 spiro atoms. The fourth-order valence-electron chi connectivity index (χ4n) is 1.85. The van der Waals surface area contributed by atoms with Crippen LogP contribution >= 0.6 is 11.8 Å². The van der Waals surface area contributed by atoms with Crippen LogP contribution in [0, 0.1) is 0 Å². The monoisotopic (exact) mass is 259 g/mol. The fraction of sp³-hybridized carbons (Fsp3) is 0.500. The maximum absolute atomic E-state index is 12.2. The number of rotatable bonds is 4. The summed E-state index contributed by atoms with van der Waals surface area (Å²) >= 11 is 1.93. The highest BCUT2D eigenvalue weighted by molar-refractivity contribution is 7.99. The van der Waals surface area contributed by atoms with E-state index in [0.29, 0.717) is 11.7 Å². The first-order chi connectivity index (χ1) is 8.25. The zero-order chi connectivity index (χ0) is 12.1. The second kappa shape index (κ2) is 6.10. The largest absolute Gasteiger partial charge is 0.433 e. The van der Waals surface area contributed by atoms with Crippen LogP contribution in [0.5, 0.6) is 5.75 Å². The quantitative estimate of drug-likeness (QED) is 0.892. The number of para-hydroxylation sites is 2. The van der Waals surface area contributed by atoms with E-state index in [1.54, 1.807) is 18.2 Å². The molecular weight excluding hydrogens is 244 g/mol. The van der Waals surface area contributed by atoms with E-state index in [0.717, 1.165) is 24.3 Å². The molecule has 0 amide bonds. The summed E-state index contributed by atoms with van der Waals surface area (Å²) in [5, 5.41) is 3.28. The van der Waals surface area contributed by atoms with Gasteiger partial charge in [-0.15, -0.1) is 0 Å². The SMILES string of the molecule is FC(F)Oc1ccccc1NC1CCSCC1. The Bertz CT molecular complexity index is 356. The van der Waals surface area contributed by atoms with E-state index < -0.39 is 6.61 Å². The van der Waals surface area contributed by atoms with Crippen molar-refractivity contribution in [3.8, 4) is 5.75 Å². The summed E-state index contributed by atoms with van der Waals surface area (Å²) in [6.45, 7) is -2.78. The van der Waals surface area contributed by atoms with Gasteiger partial charge in [0.15, 0.2) is 0 Å². The normalized spacial score (nSPS) is 17.1. The molecule has 1 aromatic rings. The Morgan fingerprint density at radius 2 is 1.94 bits per heavy atom. The van der Waals surface area contributed by atoms with Crippen molar-refractivity contribution in [2.75, 3.05) is 16.8 Å². The molecule has 0 atom stereocenters. The Kier molecular flexibility index (Phi) is 4.48. The Hall–Kier alpha value is -0.970. The van der Waals surface area contributed by atoms with E-state index in [4.69, 9.17) is 0 Å². The zero-order valence-corrected chi connectivity index (χ0v) is 10.2. The average Bonchev–Trinajstić information content (AvgIpc) is 2.32. The molecule has 0 aliphatic carbocycles. The topological polar surface area (TPSA) is 21.3 Å². The molecule has 1 fully saturated rings. The molecule has 94 valence electrons. The van der Waals surface area contributed by atoms with Crippen molar-refractivity contribution in [1.29, 1.82) is 0 Å². The first-order valence-electron chi connectivity index (χ1n) is 5.64. The Labute approximate surface area is 104 Å². The third-order valence-corrected chi connectivity index (χ3v) is 3.73. The number of nitrogens with one attached hydrogen (secondary N) is 1. The number of thioether (sulfide) groups is 1. The fourth-order valence-corrected chi connectivity index (χ4v) is 2.95. The molecule has 1 aliphatic rings. The second-order valence-corrected chi connectivity index (χ2v) is 5.13. The van der Waals surface area contributed by atoms with Gasteiger partial charge in [-0.3, -0.25) is 0 Å². The minimum atomic E-state index is -2.78. The minimum Gasteiger partial charge on any atom is -0.433 e. The molecule has 0 radical (unpaired) electrons. The Morgan fingerprint density at radius 1 is 1.24 bits per heavy atom. The van der Waals surface area contributed by atoms with Gasteiger partial charge >= 0.3 is 6.61 Å². The smallest absolute Gasteiger partial charge is 0.387 e. The van der Waals surface area contributed by atoms with Crippen molar-refractivity contribution in [3.63, 3.8) is 0 Å². The summed E-state index contributed by atoms with van der Waals surface area (Å²) in [5.74, 6) is 2.46. The number of hydrogen-bond acceptors (Lipinski definition) is 3. The van der Waals surface area contributed by atoms with Gasteiger partial charge in [-0.25, -0.2) is 0 Å². The standard InChI is InChI=1S/C12H15F2NOS/c13-12(14)16-11-4-2-1-3-10(11)15-9-5-7-17-8-6-9/h1-4,9,12,15H,5-8H2. The lowest BCUT2D eigenvalue weighted by Gasteiger charge is -2.24. The van der Waals surface area contributed by atoms with Gasteiger partial charge in [-0.1, -0.05) is 12.1 Å². The summed E-state index contributed by atoms with van der Waals surface area (Å²) in [4.78, 5) is 0. The van der Waals surface area contributed by atoms with Crippen LogP contribution in [0.25, 0.3) is 0 Å². The summed E-state index contributed by atoms with van der Waals surface area (Å²) in [5.41, 5.74) is 0.657. The number of anilines is 1. The maximum Gasteiger partial charge on any atom is 0.387 e. The van der Waals surface area contributed by atoms with E-state index in [9.17, 15) is 8.78 Å². The van der Waals surface area contributed by atoms with E-state index in [-0.39, 0.29) is 5.75 Å². The van der Waals surface area contributed by atoms with Gasteiger partial charge in [0.2, 0.25) is 0 Å². The van der Waals surface area contributed by atoms with Gasteiger partial charge in [0.05, 0.1) is 5.69 Å². The molecule has 2 nitrogen and oxygen atoms in total.